The molecule has 6 heteroatoms. The minimum absolute atomic E-state index is 0.168. The van der Waals surface area contributed by atoms with Crippen molar-refractivity contribution < 1.29 is 14.3 Å². The number of para-hydroxylation sites is 1. The van der Waals surface area contributed by atoms with Crippen molar-refractivity contribution in [1.82, 2.24) is 9.88 Å². The van der Waals surface area contributed by atoms with Gasteiger partial charge in [-0.2, -0.15) is 0 Å². The molecule has 0 aliphatic heterocycles. The Kier molecular flexibility index (Phi) is 5.35. The number of nitrogens with zero attached hydrogens (tertiary/aromatic N) is 1. The van der Waals surface area contributed by atoms with Crippen LogP contribution in [-0.2, 0) is 23.1 Å². The number of fused-ring (bicyclic) bond motifs is 1. The monoisotopic (exact) mass is 363 g/mol. The van der Waals surface area contributed by atoms with E-state index in [2.05, 4.69) is 5.32 Å². The first-order valence-corrected chi connectivity index (χ1v) is 8.70. The van der Waals surface area contributed by atoms with Crippen molar-refractivity contribution in [2.45, 2.75) is 13.5 Å². The third kappa shape index (κ3) is 3.60. The third-order valence-corrected chi connectivity index (χ3v) is 4.35. The number of benzene rings is 2. The number of ether oxygens (including phenoxy) is 1. The lowest BCUT2D eigenvalue weighted by Crippen LogP contribution is -2.28. The van der Waals surface area contributed by atoms with Crippen LogP contribution in [0.3, 0.4) is 0 Å². The van der Waals surface area contributed by atoms with Gasteiger partial charge in [0, 0.05) is 30.1 Å². The second kappa shape index (κ2) is 7.86. The Morgan fingerprint density at radius 3 is 2.44 bits per heavy atom. The molecule has 0 radical (unpaired) electrons. The lowest BCUT2D eigenvalue weighted by molar-refractivity contribution is -0.135. The molecule has 1 amide bonds. The first-order chi connectivity index (χ1) is 13.0. The molecule has 0 atom stereocenters. The van der Waals surface area contributed by atoms with E-state index in [4.69, 9.17) is 10.1 Å². The maximum atomic E-state index is 12.9. The van der Waals surface area contributed by atoms with E-state index in [-0.39, 0.29) is 29.5 Å². The number of carbonyl (C=O) groups excluding carboxylic acids is 2. The van der Waals surface area contributed by atoms with Gasteiger partial charge in [-0.05, 0) is 18.6 Å². The minimum Gasteiger partial charge on any atom is -0.461 e. The number of rotatable bonds is 6. The molecule has 2 N–H and O–H groups in total. The summed E-state index contributed by atoms with van der Waals surface area (Å²) in [6.45, 7) is 2.21. The fourth-order valence-electron chi connectivity index (χ4n) is 3.08. The maximum absolute atomic E-state index is 12.9. The molecule has 138 valence electrons. The van der Waals surface area contributed by atoms with E-state index in [1.165, 1.54) is 0 Å². The zero-order valence-electron chi connectivity index (χ0n) is 15.3. The Morgan fingerprint density at radius 2 is 1.74 bits per heavy atom. The molecule has 3 rings (SSSR count). The normalized spacial score (nSPS) is 10.6. The summed E-state index contributed by atoms with van der Waals surface area (Å²) >= 11 is 0. The highest BCUT2D eigenvalue weighted by atomic mass is 16.5. The topological polar surface area (TPSA) is 84.2 Å². The van der Waals surface area contributed by atoms with E-state index < -0.39 is 5.97 Å². The van der Waals surface area contributed by atoms with Gasteiger partial charge in [0.05, 0.1) is 6.61 Å². The Labute approximate surface area is 157 Å². The Hall–Kier alpha value is -3.41. The zero-order chi connectivity index (χ0) is 19.4. The minimum atomic E-state index is -0.744. The molecule has 0 saturated heterocycles. The number of esters is 1. The molecular formula is C21H21N3O3. The molecule has 0 aliphatic carbocycles. The highest BCUT2D eigenvalue weighted by molar-refractivity contribution is 6.45. The van der Waals surface area contributed by atoms with Gasteiger partial charge in [-0.15, -0.1) is 0 Å². The standard InChI is InChI=1S/C21H21N3O3/c1-3-27-21(26)18(22)17-15-11-7-8-12-16(15)24(2)19(17)20(25)23-13-14-9-5-4-6-10-14/h4-12,22H,3,13H2,1-2H3,(H,23,25). The van der Waals surface area contributed by atoms with E-state index in [0.29, 0.717) is 11.9 Å². The molecule has 1 heterocycles. The summed E-state index contributed by atoms with van der Waals surface area (Å²) in [6, 6.07) is 16.9. The van der Waals surface area contributed by atoms with Crippen molar-refractivity contribution in [2.24, 2.45) is 7.05 Å². The molecule has 0 aliphatic rings. The van der Waals surface area contributed by atoms with Gasteiger partial charge in [0.1, 0.15) is 11.4 Å². The number of aromatic nitrogens is 1. The lowest BCUT2D eigenvalue weighted by atomic mass is 10.0. The first-order valence-electron chi connectivity index (χ1n) is 8.70. The fourth-order valence-corrected chi connectivity index (χ4v) is 3.08. The largest absolute Gasteiger partial charge is 0.461 e. The van der Waals surface area contributed by atoms with Gasteiger partial charge in [0.2, 0.25) is 0 Å². The van der Waals surface area contributed by atoms with Crippen LogP contribution in [0.15, 0.2) is 54.6 Å². The van der Waals surface area contributed by atoms with Crippen LogP contribution in [0, 0.1) is 5.41 Å². The van der Waals surface area contributed by atoms with Crippen LogP contribution in [0.5, 0.6) is 0 Å². The van der Waals surface area contributed by atoms with Crippen molar-refractivity contribution in [3.63, 3.8) is 0 Å². The van der Waals surface area contributed by atoms with Crippen molar-refractivity contribution in [1.29, 1.82) is 5.41 Å². The summed E-state index contributed by atoms with van der Waals surface area (Å²) in [7, 11) is 1.75. The second-order valence-corrected chi connectivity index (χ2v) is 6.06. The van der Waals surface area contributed by atoms with Crippen molar-refractivity contribution in [2.75, 3.05) is 6.61 Å². The molecule has 3 aromatic rings. The molecule has 6 nitrogen and oxygen atoms in total. The molecule has 1 aromatic heterocycles. The third-order valence-electron chi connectivity index (χ3n) is 4.35. The number of carbonyl (C=O) groups is 2. The van der Waals surface area contributed by atoms with Gasteiger partial charge >= 0.3 is 5.97 Å². The van der Waals surface area contributed by atoms with Crippen LogP contribution < -0.4 is 5.32 Å². The summed E-state index contributed by atoms with van der Waals surface area (Å²) in [5, 5.41) is 11.8. The number of aryl methyl sites for hydroxylation is 1. The van der Waals surface area contributed by atoms with Crippen LogP contribution in [-0.4, -0.2) is 28.8 Å². The van der Waals surface area contributed by atoms with E-state index in [0.717, 1.165) is 11.1 Å². The SMILES string of the molecule is CCOC(=O)C(=N)c1c(C(=O)NCc2ccccc2)n(C)c2ccccc12. The maximum Gasteiger partial charge on any atom is 0.356 e. The van der Waals surface area contributed by atoms with E-state index in [1.807, 2.05) is 48.5 Å². The smallest absolute Gasteiger partial charge is 0.356 e. The van der Waals surface area contributed by atoms with E-state index in [9.17, 15) is 9.59 Å². The predicted molar refractivity (Wildman–Crippen MR) is 104 cm³/mol. The lowest BCUT2D eigenvalue weighted by Gasteiger charge is -2.10. The summed E-state index contributed by atoms with van der Waals surface area (Å²) in [5.41, 5.74) is 1.97. The average Bonchev–Trinajstić information content (AvgIpc) is 2.99. The van der Waals surface area contributed by atoms with Gasteiger partial charge in [-0.3, -0.25) is 10.2 Å². The van der Waals surface area contributed by atoms with E-state index in [1.54, 1.807) is 24.6 Å². The van der Waals surface area contributed by atoms with Gasteiger partial charge in [0.15, 0.2) is 0 Å². The second-order valence-electron chi connectivity index (χ2n) is 6.06. The fraction of sp³-hybridized carbons (Fsp3) is 0.190. The molecule has 0 unspecified atom stereocenters. The summed E-state index contributed by atoms with van der Waals surface area (Å²) in [5.74, 6) is -1.09. The molecule has 27 heavy (non-hydrogen) atoms. The van der Waals surface area contributed by atoms with Crippen molar-refractivity contribution in [3.8, 4) is 0 Å². The predicted octanol–water partition coefficient (Wildman–Crippen LogP) is 3.04. The van der Waals surface area contributed by atoms with Gasteiger partial charge in [0.25, 0.3) is 5.91 Å². The highest BCUT2D eigenvalue weighted by Crippen LogP contribution is 2.26. The summed E-state index contributed by atoms with van der Waals surface area (Å²) < 4.78 is 6.68. The number of nitrogens with one attached hydrogen (secondary N) is 2. The number of hydrogen-bond donors (Lipinski definition) is 2. The van der Waals surface area contributed by atoms with Gasteiger partial charge in [-0.1, -0.05) is 48.5 Å². The molecule has 0 spiro atoms. The average molecular weight is 363 g/mol. The Morgan fingerprint density at radius 1 is 1.07 bits per heavy atom. The highest BCUT2D eigenvalue weighted by Gasteiger charge is 2.27. The van der Waals surface area contributed by atoms with Crippen LogP contribution >= 0.6 is 0 Å². The summed E-state index contributed by atoms with van der Waals surface area (Å²) in [4.78, 5) is 25.1. The zero-order valence-corrected chi connectivity index (χ0v) is 15.3. The Bertz CT molecular complexity index is 1010. The van der Waals surface area contributed by atoms with Crippen LogP contribution in [0.4, 0.5) is 0 Å². The number of hydrogen-bond acceptors (Lipinski definition) is 4. The Balaban J connectivity index is 2.01. The van der Waals surface area contributed by atoms with Gasteiger partial charge in [-0.25, -0.2) is 4.79 Å². The molecule has 0 fully saturated rings. The van der Waals surface area contributed by atoms with Crippen molar-refractivity contribution >= 4 is 28.5 Å². The molecular weight excluding hydrogens is 342 g/mol. The van der Waals surface area contributed by atoms with Crippen LogP contribution in [0.25, 0.3) is 10.9 Å². The van der Waals surface area contributed by atoms with E-state index >= 15 is 0 Å². The molecule has 0 bridgehead atoms. The quantitative estimate of drug-likeness (QED) is 0.521. The van der Waals surface area contributed by atoms with Crippen LogP contribution in [0.1, 0.15) is 28.5 Å². The molecule has 0 saturated carbocycles. The van der Waals surface area contributed by atoms with Gasteiger partial charge < -0.3 is 14.6 Å². The summed E-state index contributed by atoms with van der Waals surface area (Å²) in [6.07, 6.45) is 0. The first kappa shape index (κ1) is 18.4. The van der Waals surface area contributed by atoms with Crippen molar-refractivity contribution in [3.05, 3.63) is 71.4 Å². The number of amides is 1. The molecule has 2 aromatic carbocycles. The van der Waals surface area contributed by atoms with Crippen LogP contribution in [0.2, 0.25) is 0 Å².